The van der Waals surface area contributed by atoms with Gasteiger partial charge in [0.25, 0.3) is 0 Å². The van der Waals surface area contributed by atoms with Gasteiger partial charge in [-0.15, -0.1) is 0 Å². The summed E-state index contributed by atoms with van der Waals surface area (Å²) in [4.78, 5) is 8.40. The monoisotopic (exact) mass is 215 g/mol. The number of nitrogens with zero attached hydrogens (tertiary/aromatic N) is 2. The van der Waals surface area contributed by atoms with Gasteiger partial charge in [0.2, 0.25) is 5.88 Å². The van der Waals surface area contributed by atoms with Gasteiger partial charge in [0, 0.05) is 13.1 Å². The Morgan fingerprint density at radius 1 is 1.12 bits per heavy atom. The molecule has 0 saturated heterocycles. The quantitative estimate of drug-likeness (QED) is 0.855. The maximum absolute atomic E-state index is 5.61. The summed E-state index contributed by atoms with van der Waals surface area (Å²) in [6, 6.07) is 11.3. The maximum atomic E-state index is 5.61. The number of ether oxygens (including phenoxy) is 1. The summed E-state index contributed by atoms with van der Waals surface area (Å²) in [6.45, 7) is 1.83. The van der Waals surface area contributed by atoms with Crippen molar-refractivity contribution >= 4 is 5.82 Å². The molecule has 16 heavy (non-hydrogen) atoms. The predicted molar refractivity (Wildman–Crippen MR) is 62.8 cm³/mol. The van der Waals surface area contributed by atoms with Crippen molar-refractivity contribution in [1.29, 1.82) is 0 Å². The molecule has 0 amide bonds. The van der Waals surface area contributed by atoms with Crippen LogP contribution in [0, 0.1) is 6.92 Å². The molecule has 2 rings (SSSR count). The molecule has 0 fully saturated rings. The zero-order chi connectivity index (χ0) is 11.4. The summed E-state index contributed by atoms with van der Waals surface area (Å²) in [5.41, 5.74) is 0. The highest BCUT2D eigenvalue weighted by Crippen LogP contribution is 2.20. The third-order valence-corrected chi connectivity index (χ3v) is 2.04. The first-order valence-electron chi connectivity index (χ1n) is 5.04. The van der Waals surface area contributed by atoms with Crippen LogP contribution in [0.2, 0.25) is 0 Å². The van der Waals surface area contributed by atoms with Crippen LogP contribution in [0.15, 0.2) is 36.4 Å². The van der Waals surface area contributed by atoms with Gasteiger partial charge in [-0.25, -0.2) is 4.98 Å². The van der Waals surface area contributed by atoms with E-state index >= 15 is 0 Å². The SMILES string of the molecule is CNc1cc(Oc2ccccc2)nc(C)n1. The molecule has 0 atom stereocenters. The van der Waals surface area contributed by atoms with E-state index in [4.69, 9.17) is 4.74 Å². The zero-order valence-electron chi connectivity index (χ0n) is 9.27. The molecule has 0 unspecified atom stereocenters. The average Bonchev–Trinajstić information content (AvgIpc) is 2.29. The van der Waals surface area contributed by atoms with Crippen molar-refractivity contribution in [3.63, 3.8) is 0 Å². The number of aromatic nitrogens is 2. The molecule has 2 aromatic rings. The van der Waals surface area contributed by atoms with Crippen LogP contribution in [-0.2, 0) is 0 Å². The van der Waals surface area contributed by atoms with E-state index in [9.17, 15) is 0 Å². The van der Waals surface area contributed by atoms with Crippen LogP contribution in [-0.4, -0.2) is 17.0 Å². The largest absolute Gasteiger partial charge is 0.439 e. The molecule has 0 saturated carbocycles. The molecule has 1 heterocycles. The molecular formula is C12H13N3O. The fourth-order valence-corrected chi connectivity index (χ4v) is 1.33. The highest BCUT2D eigenvalue weighted by molar-refractivity contribution is 5.39. The van der Waals surface area contributed by atoms with Crippen molar-refractivity contribution in [2.45, 2.75) is 6.92 Å². The summed E-state index contributed by atoms with van der Waals surface area (Å²) < 4.78 is 5.61. The highest BCUT2D eigenvalue weighted by Gasteiger charge is 2.02. The van der Waals surface area contributed by atoms with Gasteiger partial charge < -0.3 is 10.1 Å². The highest BCUT2D eigenvalue weighted by atomic mass is 16.5. The molecular weight excluding hydrogens is 202 g/mol. The fourth-order valence-electron chi connectivity index (χ4n) is 1.33. The molecule has 1 aromatic carbocycles. The van der Waals surface area contributed by atoms with Gasteiger partial charge in [-0.1, -0.05) is 18.2 Å². The molecule has 82 valence electrons. The van der Waals surface area contributed by atoms with Crippen LogP contribution in [0.25, 0.3) is 0 Å². The zero-order valence-corrected chi connectivity index (χ0v) is 9.27. The third-order valence-electron chi connectivity index (χ3n) is 2.04. The summed E-state index contributed by atoms with van der Waals surface area (Å²) in [5.74, 6) is 2.74. The van der Waals surface area contributed by atoms with Crippen molar-refractivity contribution in [3.8, 4) is 11.6 Å². The van der Waals surface area contributed by atoms with E-state index in [-0.39, 0.29) is 0 Å². The second-order valence-corrected chi connectivity index (χ2v) is 3.30. The molecule has 4 heteroatoms. The normalized spacial score (nSPS) is 9.88. The Morgan fingerprint density at radius 3 is 2.56 bits per heavy atom. The number of nitrogens with one attached hydrogen (secondary N) is 1. The van der Waals surface area contributed by atoms with Crippen LogP contribution >= 0.6 is 0 Å². The number of rotatable bonds is 3. The smallest absolute Gasteiger partial charge is 0.224 e. The second-order valence-electron chi connectivity index (χ2n) is 3.30. The lowest BCUT2D eigenvalue weighted by atomic mass is 10.3. The Kier molecular flexibility index (Phi) is 3.00. The molecule has 0 aliphatic rings. The van der Waals surface area contributed by atoms with Gasteiger partial charge in [-0.05, 0) is 19.1 Å². The summed E-state index contributed by atoms with van der Waals surface area (Å²) in [5, 5.41) is 2.96. The molecule has 0 bridgehead atoms. The molecule has 0 aliphatic heterocycles. The number of para-hydroxylation sites is 1. The number of hydrogen-bond donors (Lipinski definition) is 1. The Labute approximate surface area is 94.3 Å². The second kappa shape index (κ2) is 4.61. The lowest BCUT2D eigenvalue weighted by molar-refractivity contribution is 0.460. The average molecular weight is 215 g/mol. The summed E-state index contributed by atoms with van der Waals surface area (Å²) in [7, 11) is 1.81. The predicted octanol–water partition coefficient (Wildman–Crippen LogP) is 2.62. The van der Waals surface area contributed by atoms with Crippen molar-refractivity contribution in [2.75, 3.05) is 12.4 Å². The van der Waals surface area contributed by atoms with E-state index in [1.54, 1.807) is 6.07 Å². The topological polar surface area (TPSA) is 47.0 Å². The third kappa shape index (κ3) is 2.48. The van der Waals surface area contributed by atoms with Crippen molar-refractivity contribution < 1.29 is 4.74 Å². The maximum Gasteiger partial charge on any atom is 0.224 e. The van der Waals surface area contributed by atoms with Crippen LogP contribution < -0.4 is 10.1 Å². The minimum atomic E-state index is 0.544. The molecule has 0 spiro atoms. The first kappa shape index (κ1) is 10.4. The van der Waals surface area contributed by atoms with Crippen LogP contribution in [0.5, 0.6) is 11.6 Å². The number of hydrogen-bond acceptors (Lipinski definition) is 4. The van der Waals surface area contributed by atoms with Gasteiger partial charge in [0.05, 0.1) is 0 Å². The standard InChI is InChI=1S/C12H13N3O/c1-9-14-11(13-2)8-12(15-9)16-10-6-4-3-5-7-10/h3-8H,1-2H3,(H,13,14,15). The minimum absolute atomic E-state index is 0.544. The summed E-state index contributed by atoms with van der Waals surface area (Å²) >= 11 is 0. The van der Waals surface area contributed by atoms with Crippen LogP contribution in [0.3, 0.4) is 0 Å². The molecule has 4 nitrogen and oxygen atoms in total. The van der Waals surface area contributed by atoms with Crippen LogP contribution in [0.4, 0.5) is 5.82 Å². The Bertz CT molecular complexity index is 471. The minimum Gasteiger partial charge on any atom is -0.439 e. The Hall–Kier alpha value is -2.10. The van der Waals surface area contributed by atoms with E-state index in [0.717, 1.165) is 11.6 Å². The van der Waals surface area contributed by atoms with Crippen molar-refractivity contribution in [2.24, 2.45) is 0 Å². The van der Waals surface area contributed by atoms with E-state index in [1.165, 1.54) is 0 Å². The van der Waals surface area contributed by atoms with E-state index in [1.807, 2.05) is 44.3 Å². The summed E-state index contributed by atoms with van der Waals surface area (Å²) in [6.07, 6.45) is 0. The van der Waals surface area contributed by atoms with Crippen LogP contribution in [0.1, 0.15) is 5.82 Å². The lowest BCUT2D eigenvalue weighted by Crippen LogP contribution is -1.98. The number of benzene rings is 1. The van der Waals surface area contributed by atoms with Gasteiger partial charge >= 0.3 is 0 Å². The van der Waals surface area contributed by atoms with Gasteiger partial charge in [-0.2, -0.15) is 4.98 Å². The van der Waals surface area contributed by atoms with Crippen molar-refractivity contribution in [3.05, 3.63) is 42.2 Å². The molecule has 0 radical (unpaired) electrons. The first-order chi connectivity index (χ1) is 7.78. The van der Waals surface area contributed by atoms with Gasteiger partial charge in [0.1, 0.15) is 17.4 Å². The lowest BCUT2D eigenvalue weighted by Gasteiger charge is -2.06. The molecule has 1 N–H and O–H groups in total. The number of anilines is 1. The van der Waals surface area contributed by atoms with E-state index in [2.05, 4.69) is 15.3 Å². The first-order valence-corrected chi connectivity index (χ1v) is 5.04. The Morgan fingerprint density at radius 2 is 1.88 bits per heavy atom. The Balaban J connectivity index is 2.24. The van der Waals surface area contributed by atoms with Gasteiger partial charge in [0.15, 0.2) is 0 Å². The van der Waals surface area contributed by atoms with E-state index < -0.39 is 0 Å². The van der Waals surface area contributed by atoms with Gasteiger partial charge in [-0.3, -0.25) is 0 Å². The fraction of sp³-hybridized carbons (Fsp3) is 0.167. The molecule has 0 aliphatic carbocycles. The number of aryl methyl sites for hydroxylation is 1. The van der Waals surface area contributed by atoms with Crippen molar-refractivity contribution in [1.82, 2.24) is 9.97 Å². The van der Waals surface area contributed by atoms with E-state index in [0.29, 0.717) is 11.7 Å². The molecule has 1 aromatic heterocycles.